The van der Waals surface area contributed by atoms with Gasteiger partial charge < -0.3 is 5.32 Å². The molecule has 1 amide bonds. The average Bonchev–Trinajstić information content (AvgIpc) is 2.88. The summed E-state index contributed by atoms with van der Waals surface area (Å²) >= 11 is 0. The summed E-state index contributed by atoms with van der Waals surface area (Å²) in [5.74, 6) is -0.111. The van der Waals surface area contributed by atoms with Gasteiger partial charge in [0.2, 0.25) is 5.91 Å². The number of hydrogen-bond donors (Lipinski definition) is 1. The molecule has 1 aliphatic rings. The number of aromatic nitrogens is 2. The number of carbonyl (C=O) groups excluding carboxylic acids is 1. The number of amides is 1. The number of nitrogens with zero attached hydrogens (tertiary/aromatic N) is 3. The van der Waals surface area contributed by atoms with Crippen LogP contribution in [0.1, 0.15) is 55.1 Å². The number of nitrogens with one attached hydrogen (secondary N) is 1. The van der Waals surface area contributed by atoms with E-state index in [9.17, 15) is 4.79 Å². The number of rotatable bonds is 6. The van der Waals surface area contributed by atoms with Gasteiger partial charge in [-0.2, -0.15) is 5.10 Å². The van der Waals surface area contributed by atoms with E-state index in [1.165, 1.54) is 49.9 Å². The van der Waals surface area contributed by atoms with E-state index in [1.807, 2.05) is 30.7 Å². The average molecular weight is 383 g/mol. The molecule has 0 bridgehead atoms. The molecule has 3 rings (SSSR count). The number of benzene rings is 1. The molecule has 1 saturated heterocycles. The summed E-state index contributed by atoms with van der Waals surface area (Å²) in [5.41, 5.74) is 5.54. The number of carbonyl (C=O) groups is 1. The Labute approximate surface area is 169 Å². The topological polar surface area (TPSA) is 50.2 Å². The Kier molecular flexibility index (Phi) is 6.89. The van der Waals surface area contributed by atoms with Crippen molar-refractivity contribution in [3.05, 3.63) is 46.8 Å². The second kappa shape index (κ2) is 9.37. The van der Waals surface area contributed by atoms with Crippen LogP contribution in [0.25, 0.3) is 0 Å². The lowest BCUT2D eigenvalue weighted by molar-refractivity contribution is -0.119. The molecule has 1 aromatic carbocycles. The maximum absolute atomic E-state index is 12.6. The SMILES string of the molecule is Cc1nn(C[C@@H](C)C(=O)Nc2ccc(CN3CCCCCC3)cc2)c(C)c1C. The van der Waals surface area contributed by atoms with E-state index in [1.54, 1.807) is 0 Å². The standard InChI is InChI=1S/C23H34N4O/c1-17(15-27-20(4)18(2)19(3)25-27)23(28)24-22-11-9-21(10-12-22)16-26-13-7-5-6-8-14-26/h9-12,17H,5-8,13-16H2,1-4H3,(H,24,28)/t17-/m1/s1. The van der Waals surface area contributed by atoms with Crippen molar-refractivity contribution < 1.29 is 4.79 Å². The van der Waals surface area contributed by atoms with Crippen molar-refractivity contribution in [3.8, 4) is 0 Å². The van der Waals surface area contributed by atoms with Crippen molar-refractivity contribution in [2.24, 2.45) is 5.92 Å². The van der Waals surface area contributed by atoms with E-state index in [2.05, 4.69) is 41.3 Å². The monoisotopic (exact) mass is 382 g/mol. The molecule has 5 nitrogen and oxygen atoms in total. The molecule has 0 saturated carbocycles. The van der Waals surface area contributed by atoms with E-state index < -0.39 is 0 Å². The second-order valence-electron chi connectivity index (χ2n) is 8.26. The van der Waals surface area contributed by atoms with Crippen molar-refractivity contribution in [1.29, 1.82) is 0 Å². The van der Waals surface area contributed by atoms with Gasteiger partial charge in [-0.15, -0.1) is 0 Å². The van der Waals surface area contributed by atoms with Gasteiger partial charge in [0.1, 0.15) is 0 Å². The number of anilines is 1. The minimum absolute atomic E-state index is 0.0328. The molecule has 1 fully saturated rings. The Morgan fingerprint density at radius 1 is 1.07 bits per heavy atom. The molecule has 2 aromatic rings. The van der Waals surface area contributed by atoms with Crippen molar-refractivity contribution in [3.63, 3.8) is 0 Å². The highest BCUT2D eigenvalue weighted by Gasteiger charge is 2.17. The van der Waals surface area contributed by atoms with Gasteiger partial charge >= 0.3 is 0 Å². The molecule has 1 atom stereocenters. The predicted octanol–water partition coefficient (Wildman–Crippen LogP) is 4.46. The fourth-order valence-corrected chi connectivity index (χ4v) is 3.82. The molecule has 152 valence electrons. The van der Waals surface area contributed by atoms with Gasteiger partial charge in [-0.3, -0.25) is 14.4 Å². The van der Waals surface area contributed by atoms with Crippen molar-refractivity contribution in [2.45, 2.75) is 66.5 Å². The minimum Gasteiger partial charge on any atom is -0.326 e. The van der Waals surface area contributed by atoms with Crippen LogP contribution >= 0.6 is 0 Å². The molecule has 28 heavy (non-hydrogen) atoms. The summed E-state index contributed by atoms with van der Waals surface area (Å²) in [4.78, 5) is 15.1. The molecule has 1 aromatic heterocycles. The summed E-state index contributed by atoms with van der Waals surface area (Å²) in [6, 6.07) is 8.31. The largest absolute Gasteiger partial charge is 0.326 e. The fraction of sp³-hybridized carbons (Fsp3) is 0.565. The summed E-state index contributed by atoms with van der Waals surface area (Å²) in [5, 5.41) is 7.59. The summed E-state index contributed by atoms with van der Waals surface area (Å²) in [7, 11) is 0. The first-order valence-electron chi connectivity index (χ1n) is 10.6. The number of hydrogen-bond acceptors (Lipinski definition) is 3. The van der Waals surface area contributed by atoms with Crippen LogP contribution in [0, 0.1) is 26.7 Å². The predicted molar refractivity (Wildman–Crippen MR) is 114 cm³/mol. The molecule has 5 heteroatoms. The van der Waals surface area contributed by atoms with Crippen LogP contribution in [-0.4, -0.2) is 33.7 Å². The lowest BCUT2D eigenvalue weighted by atomic mass is 10.1. The Morgan fingerprint density at radius 3 is 2.29 bits per heavy atom. The molecule has 1 N–H and O–H groups in total. The third kappa shape index (κ3) is 5.22. The highest BCUT2D eigenvalue weighted by atomic mass is 16.1. The van der Waals surface area contributed by atoms with Crippen LogP contribution in [0.15, 0.2) is 24.3 Å². The van der Waals surface area contributed by atoms with Gasteiger partial charge in [-0.05, 0) is 70.0 Å². The highest BCUT2D eigenvalue weighted by molar-refractivity contribution is 5.92. The molecule has 0 spiro atoms. The molecule has 0 aliphatic carbocycles. The maximum Gasteiger partial charge on any atom is 0.229 e. The Balaban J connectivity index is 1.53. The molecular formula is C23H34N4O. The van der Waals surface area contributed by atoms with Crippen LogP contribution in [0.3, 0.4) is 0 Å². The first-order chi connectivity index (χ1) is 13.4. The molecule has 0 unspecified atom stereocenters. The highest BCUT2D eigenvalue weighted by Crippen LogP contribution is 2.17. The first-order valence-corrected chi connectivity index (χ1v) is 10.6. The smallest absolute Gasteiger partial charge is 0.229 e. The van der Waals surface area contributed by atoms with Gasteiger partial charge in [-0.1, -0.05) is 31.9 Å². The lowest BCUT2D eigenvalue weighted by Gasteiger charge is -2.20. The normalized spacial score (nSPS) is 16.6. The Hall–Kier alpha value is -2.14. The molecule has 1 aliphatic heterocycles. The van der Waals surface area contributed by atoms with Crippen molar-refractivity contribution >= 4 is 11.6 Å². The zero-order valence-electron chi connectivity index (χ0n) is 17.8. The second-order valence-corrected chi connectivity index (χ2v) is 8.26. The molecular weight excluding hydrogens is 348 g/mol. The third-order valence-electron chi connectivity index (χ3n) is 5.96. The van der Waals surface area contributed by atoms with Gasteiger partial charge in [0.25, 0.3) is 0 Å². The van der Waals surface area contributed by atoms with Crippen molar-refractivity contribution in [1.82, 2.24) is 14.7 Å². The van der Waals surface area contributed by atoms with Crippen LogP contribution in [0.5, 0.6) is 0 Å². The summed E-state index contributed by atoms with van der Waals surface area (Å²) < 4.78 is 1.94. The van der Waals surface area contributed by atoms with Gasteiger partial charge in [0.15, 0.2) is 0 Å². The minimum atomic E-state index is -0.144. The van der Waals surface area contributed by atoms with Gasteiger partial charge in [0.05, 0.1) is 18.2 Å². The first kappa shape index (κ1) is 20.6. The summed E-state index contributed by atoms with van der Waals surface area (Å²) in [6.07, 6.45) is 5.33. The van der Waals surface area contributed by atoms with E-state index in [4.69, 9.17) is 0 Å². The zero-order valence-corrected chi connectivity index (χ0v) is 17.8. The van der Waals surface area contributed by atoms with Gasteiger partial charge in [-0.25, -0.2) is 0 Å². The number of aryl methyl sites for hydroxylation is 1. The van der Waals surface area contributed by atoms with Crippen LogP contribution in [0.4, 0.5) is 5.69 Å². The van der Waals surface area contributed by atoms with E-state index >= 15 is 0 Å². The van der Waals surface area contributed by atoms with E-state index in [0.717, 1.165) is 23.6 Å². The molecule has 2 heterocycles. The molecule has 0 radical (unpaired) electrons. The summed E-state index contributed by atoms with van der Waals surface area (Å²) in [6.45, 7) is 12.1. The van der Waals surface area contributed by atoms with E-state index in [0.29, 0.717) is 6.54 Å². The number of likely N-dealkylation sites (tertiary alicyclic amines) is 1. The van der Waals surface area contributed by atoms with Crippen LogP contribution in [-0.2, 0) is 17.9 Å². The maximum atomic E-state index is 12.6. The lowest BCUT2D eigenvalue weighted by Crippen LogP contribution is -2.25. The third-order valence-corrected chi connectivity index (χ3v) is 5.96. The van der Waals surface area contributed by atoms with Crippen molar-refractivity contribution in [2.75, 3.05) is 18.4 Å². The van der Waals surface area contributed by atoms with Crippen LogP contribution in [0.2, 0.25) is 0 Å². The van der Waals surface area contributed by atoms with Gasteiger partial charge in [0, 0.05) is 17.9 Å². The Bertz CT molecular complexity index is 786. The quantitative estimate of drug-likeness (QED) is 0.802. The van der Waals surface area contributed by atoms with Crippen LogP contribution < -0.4 is 5.32 Å². The zero-order chi connectivity index (χ0) is 20.1. The van der Waals surface area contributed by atoms with E-state index in [-0.39, 0.29) is 11.8 Å². The Morgan fingerprint density at radius 2 is 1.71 bits per heavy atom. The fourth-order valence-electron chi connectivity index (χ4n) is 3.82.